The van der Waals surface area contributed by atoms with E-state index in [1.54, 1.807) is 12.5 Å². The topological polar surface area (TPSA) is 41.3 Å². The van der Waals surface area contributed by atoms with Crippen molar-refractivity contribution in [2.24, 2.45) is 0 Å². The molecule has 0 amide bonds. The number of rotatable bonds is 6. The van der Waals surface area contributed by atoms with E-state index in [9.17, 15) is 0 Å². The van der Waals surface area contributed by atoms with E-state index in [1.807, 2.05) is 30.3 Å². The van der Waals surface area contributed by atoms with E-state index in [0.717, 1.165) is 23.0 Å². The van der Waals surface area contributed by atoms with Crippen molar-refractivity contribution in [3.63, 3.8) is 0 Å². The van der Waals surface area contributed by atoms with E-state index >= 15 is 0 Å². The Bertz CT molecular complexity index is 542. The smallest absolute Gasteiger partial charge is 0.169 e. The molecule has 112 valence electrons. The van der Waals surface area contributed by atoms with Crippen LogP contribution >= 0.6 is 12.2 Å². The molecule has 0 aliphatic carbocycles. The van der Waals surface area contributed by atoms with Gasteiger partial charge in [-0.2, -0.15) is 0 Å². The van der Waals surface area contributed by atoms with Gasteiger partial charge in [0.05, 0.1) is 25.0 Å². The first kappa shape index (κ1) is 15.5. The lowest BCUT2D eigenvalue weighted by atomic mass is 10.2. The van der Waals surface area contributed by atoms with Crippen LogP contribution in [-0.2, 0) is 13.1 Å². The molecule has 21 heavy (non-hydrogen) atoms. The lowest BCUT2D eigenvalue weighted by molar-refractivity contribution is 0.344. The Morgan fingerprint density at radius 1 is 1.33 bits per heavy atom. The van der Waals surface area contributed by atoms with Crippen LogP contribution in [0.3, 0.4) is 0 Å². The standard InChI is InChI=1S/C16H21N3OS/c1-3-13(2)18-16(21)19(12-15-8-6-10-20-15)11-14-7-4-5-9-17-14/h4-10,13H,3,11-12H2,1-2H3,(H,18,21)/t13-/m0/s1. The van der Waals surface area contributed by atoms with Crippen LogP contribution in [0.2, 0.25) is 0 Å². The van der Waals surface area contributed by atoms with E-state index in [4.69, 9.17) is 16.6 Å². The summed E-state index contributed by atoms with van der Waals surface area (Å²) in [4.78, 5) is 6.44. The highest BCUT2D eigenvalue weighted by Gasteiger charge is 2.14. The van der Waals surface area contributed by atoms with E-state index in [0.29, 0.717) is 19.1 Å². The maximum Gasteiger partial charge on any atom is 0.169 e. The average molecular weight is 303 g/mol. The van der Waals surface area contributed by atoms with Crippen molar-refractivity contribution in [2.45, 2.75) is 39.4 Å². The Morgan fingerprint density at radius 3 is 2.81 bits per heavy atom. The largest absolute Gasteiger partial charge is 0.467 e. The Balaban J connectivity index is 2.07. The summed E-state index contributed by atoms with van der Waals surface area (Å²) in [5.74, 6) is 0.888. The van der Waals surface area contributed by atoms with Crippen molar-refractivity contribution in [3.05, 3.63) is 54.2 Å². The highest BCUT2D eigenvalue weighted by Crippen LogP contribution is 2.10. The summed E-state index contributed by atoms with van der Waals surface area (Å²) in [5, 5.41) is 4.08. The van der Waals surface area contributed by atoms with E-state index < -0.39 is 0 Å². The van der Waals surface area contributed by atoms with Crippen LogP contribution in [0.15, 0.2) is 47.2 Å². The first-order valence-corrected chi connectivity index (χ1v) is 7.57. The van der Waals surface area contributed by atoms with Crippen LogP contribution in [0.5, 0.6) is 0 Å². The molecule has 0 spiro atoms. The summed E-state index contributed by atoms with van der Waals surface area (Å²) < 4.78 is 5.43. The van der Waals surface area contributed by atoms with Gasteiger partial charge in [0.2, 0.25) is 0 Å². The van der Waals surface area contributed by atoms with Gasteiger partial charge in [0, 0.05) is 12.2 Å². The number of pyridine rings is 1. The van der Waals surface area contributed by atoms with Crippen molar-refractivity contribution >= 4 is 17.3 Å². The molecule has 0 radical (unpaired) electrons. The molecule has 0 fully saturated rings. The minimum absolute atomic E-state index is 0.348. The van der Waals surface area contributed by atoms with Crippen molar-refractivity contribution in [3.8, 4) is 0 Å². The predicted octanol–water partition coefficient (Wildman–Crippen LogP) is 3.35. The molecule has 2 aromatic rings. The van der Waals surface area contributed by atoms with Gasteiger partial charge in [-0.3, -0.25) is 4.98 Å². The fraction of sp³-hybridized carbons (Fsp3) is 0.375. The zero-order valence-electron chi connectivity index (χ0n) is 12.5. The number of nitrogens with zero attached hydrogens (tertiary/aromatic N) is 2. The zero-order chi connectivity index (χ0) is 15.1. The highest BCUT2D eigenvalue weighted by molar-refractivity contribution is 7.80. The molecule has 0 saturated heterocycles. The minimum Gasteiger partial charge on any atom is -0.467 e. The van der Waals surface area contributed by atoms with Crippen LogP contribution in [0.1, 0.15) is 31.7 Å². The second kappa shape index (κ2) is 7.78. The quantitative estimate of drug-likeness (QED) is 0.829. The zero-order valence-corrected chi connectivity index (χ0v) is 13.3. The number of nitrogens with one attached hydrogen (secondary N) is 1. The minimum atomic E-state index is 0.348. The second-order valence-electron chi connectivity index (χ2n) is 5.02. The SMILES string of the molecule is CC[C@H](C)NC(=S)N(Cc1ccccn1)Cc1ccco1. The number of thiocarbonyl (C=S) groups is 1. The summed E-state index contributed by atoms with van der Waals surface area (Å²) in [6, 6.07) is 10.1. The van der Waals surface area contributed by atoms with Crippen molar-refractivity contribution in [1.29, 1.82) is 0 Å². The molecule has 0 unspecified atom stereocenters. The summed E-state index contributed by atoms with van der Waals surface area (Å²) in [7, 11) is 0. The van der Waals surface area contributed by atoms with Crippen LogP contribution in [0.25, 0.3) is 0 Å². The predicted molar refractivity (Wildman–Crippen MR) is 87.7 cm³/mol. The third kappa shape index (κ3) is 4.86. The van der Waals surface area contributed by atoms with Gasteiger partial charge in [0.15, 0.2) is 5.11 Å². The van der Waals surface area contributed by atoms with Crippen LogP contribution in [0.4, 0.5) is 0 Å². The third-order valence-corrected chi connectivity index (χ3v) is 3.65. The monoisotopic (exact) mass is 303 g/mol. The van der Waals surface area contributed by atoms with Gasteiger partial charge in [-0.05, 0) is 49.8 Å². The molecule has 2 aromatic heterocycles. The Labute approximate surface area is 131 Å². The van der Waals surface area contributed by atoms with Gasteiger partial charge in [-0.1, -0.05) is 13.0 Å². The molecular formula is C16H21N3OS. The lowest BCUT2D eigenvalue weighted by Gasteiger charge is -2.26. The molecule has 5 heteroatoms. The van der Waals surface area contributed by atoms with Crippen LogP contribution in [0, 0.1) is 0 Å². The van der Waals surface area contributed by atoms with E-state index in [-0.39, 0.29) is 0 Å². The highest BCUT2D eigenvalue weighted by atomic mass is 32.1. The van der Waals surface area contributed by atoms with Crippen molar-refractivity contribution < 1.29 is 4.42 Å². The van der Waals surface area contributed by atoms with Crippen molar-refractivity contribution in [2.75, 3.05) is 0 Å². The van der Waals surface area contributed by atoms with Gasteiger partial charge in [0.1, 0.15) is 5.76 Å². The van der Waals surface area contributed by atoms with Gasteiger partial charge in [-0.15, -0.1) is 0 Å². The van der Waals surface area contributed by atoms with Crippen molar-refractivity contribution in [1.82, 2.24) is 15.2 Å². The molecule has 0 aliphatic heterocycles. The fourth-order valence-electron chi connectivity index (χ4n) is 1.88. The third-order valence-electron chi connectivity index (χ3n) is 3.28. The van der Waals surface area contributed by atoms with Gasteiger partial charge >= 0.3 is 0 Å². The number of hydrogen-bond acceptors (Lipinski definition) is 3. The maximum absolute atomic E-state index is 5.54. The molecule has 4 nitrogen and oxygen atoms in total. The Hall–Kier alpha value is -1.88. The molecule has 0 bridgehead atoms. The Kier molecular flexibility index (Phi) is 5.75. The Morgan fingerprint density at radius 2 is 2.19 bits per heavy atom. The van der Waals surface area contributed by atoms with Gasteiger partial charge in [0.25, 0.3) is 0 Å². The summed E-state index contributed by atoms with van der Waals surface area (Å²) in [6.07, 6.45) is 4.50. The first-order valence-electron chi connectivity index (χ1n) is 7.16. The average Bonchev–Trinajstić information content (AvgIpc) is 3.00. The fourth-order valence-corrected chi connectivity index (χ4v) is 2.21. The van der Waals surface area contributed by atoms with Gasteiger partial charge < -0.3 is 14.6 Å². The molecule has 0 aliphatic rings. The molecule has 2 rings (SSSR count). The molecule has 1 atom stereocenters. The van der Waals surface area contributed by atoms with E-state index in [2.05, 4.69) is 29.0 Å². The molecule has 0 aromatic carbocycles. The number of aromatic nitrogens is 1. The number of hydrogen-bond donors (Lipinski definition) is 1. The maximum atomic E-state index is 5.54. The summed E-state index contributed by atoms with van der Waals surface area (Å²) in [6.45, 7) is 5.55. The normalized spacial score (nSPS) is 11.9. The number of furan rings is 1. The molecule has 2 heterocycles. The van der Waals surface area contributed by atoms with E-state index in [1.165, 1.54) is 0 Å². The second-order valence-corrected chi connectivity index (χ2v) is 5.40. The summed E-state index contributed by atoms with van der Waals surface area (Å²) in [5.41, 5.74) is 0.984. The molecule has 0 saturated carbocycles. The molecular weight excluding hydrogens is 282 g/mol. The lowest BCUT2D eigenvalue weighted by Crippen LogP contribution is -2.42. The van der Waals surface area contributed by atoms with Gasteiger partial charge in [-0.25, -0.2) is 0 Å². The first-order chi connectivity index (χ1) is 10.2. The van der Waals surface area contributed by atoms with Crippen LogP contribution < -0.4 is 5.32 Å². The summed E-state index contributed by atoms with van der Waals surface area (Å²) >= 11 is 5.54. The molecule has 1 N–H and O–H groups in total. The van der Waals surface area contributed by atoms with Crippen LogP contribution in [-0.4, -0.2) is 21.0 Å².